The van der Waals surface area contributed by atoms with Crippen LogP contribution >= 0.6 is 0 Å². The zero-order valence-corrected chi connectivity index (χ0v) is 18.2. The second-order valence-electron chi connectivity index (χ2n) is 8.88. The molecule has 0 spiro atoms. The molecule has 160 valence electrons. The Morgan fingerprint density at radius 1 is 1.06 bits per heavy atom. The minimum atomic E-state index is -0.584. The van der Waals surface area contributed by atoms with Crippen LogP contribution in [0.1, 0.15) is 55.6 Å². The van der Waals surface area contributed by atoms with Crippen molar-refractivity contribution in [3.05, 3.63) is 70.9 Å². The summed E-state index contributed by atoms with van der Waals surface area (Å²) in [6.07, 6.45) is 1.11. The molecule has 6 heteroatoms. The second-order valence-corrected chi connectivity index (χ2v) is 8.88. The number of hydrogen-bond acceptors (Lipinski definition) is 5. The zero-order chi connectivity index (χ0) is 22.3. The van der Waals surface area contributed by atoms with Crippen LogP contribution in [0.25, 0.3) is 0 Å². The first kappa shape index (κ1) is 20.8. The number of carbonyl (C=O) groups is 3. The van der Waals surface area contributed by atoms with Gasteiger partial charge in [-0.05, 0) is 41.7 Å². The quantitative estimate of drug-likeness (QED) is 0.720. The van der Waals surface area contributed by atoms with Gasteiger partial charge in [-0.25, -0.2) is 4.79 Å². The monoisotopic (exact) mass is 418 g/mol. The molecule has 1 heterocycles. The van der Waals surface area contributed by atoms with E-state index >= 15 is 0 Å². The molecule has 0 bridgehead atoms. The number of ether oxygens (including phenoxy) is 1. The number of Topliss-reactive ketones (excluding diaryl/α,β-unsaturated/α-hetero) is 1. The lowest BCUT2D eigenvalue weighted by Crippen LogP contribution is -2.38. The minimum absolute atomic E-state index is 0.0276. The van der Waals surface area contributed by atoms with E-state index in [2.05, 4.69) is 19.2 Å². The Labute approximate surface area is 181 Å². The molecule has 2 aromatic carbocycles. The van der Waals surface area contributed by atoms with Crippen molar-refractivity contribution in [3.8, 4) is 0 Å². The van der Waals surface area contributed by atoms with Crippen molar-refractivity contribution >= 4 is 29.0 Å². The molecule has 31 heavy (non-hydrogen) atoms. The predicted molar refractivity (Wildman–Crippen MR) is 119 cm³/mol. The van der Waals surface area contributed by atoms with Crippen molar-refractivity contribution in [1.82, 2.24) is 0 Å². The second kappa shape index (κ2) is 7.69. The number of amides is 1. The van der Waals surface area contributed by atoms with Crippen molar-refractivity contribution in [1.29, 1.82) is 0 Å². The standard InChI is InChI=1S/C25H26N2O4/c1-15(28)27-20-8-6-5-7-18(20)26-19-13-25(2,3)14-21(29)22(19)23(27)16-9-11-17(12-10-16)24(30)31-4/h5-12,23,26H,13-14H2,1-4H3/t23-/m1/s1. The Kier molecular flexibility index (Phi) is 5.17. The molecule has 0 fully saturated rings. The Bertz CT molecular complexity index is 1100. The molecule has 0 unspecified atom stereocenters. The summed E-state index contributed by atoms with van der Waals surface area (Å²) in [4.78, 5) is 39.9. The summed E-state index contributed by atoms with van der Waals surface area (Å²) in [5.74, 6) is -0.569. The average molecular weight is 418 g/mol. The highest BCUT2D eigenvalue weighted by Crippen LogP contribution is 2.48. The lowest BCUT2D eigenvalue weighted by Gasteiger charge is -2.36. The molecule has 0 saturated carbocycles. The number of para-hydroxylation sites is 2. The maximum Gasteiger partial charge on any atom is 0.337 e. The van der Waals surface area contributed by atoms with Gasteiger partial charge < -0.3 is 10.1 Å². The molecule has 0 saturated heterocycles. The summed E-state index contributed by atoms with van der Waals surface area (Å²) in [6, 6.07) is 13.9. The van der Waals surface area contributed by atoms with Crippen molar-refractivity contribution in [2.45, 2.75) is 39.7 Å². The topological polar surface area (TPSA) is 75.7 Å². The van der Waals surface area contributed by atoms with Crippen LogP contribution in [-0.4, -0.2) is 24.8 Å². The predicted octanol–water partition coefficient (Wildman–Crippen LogP) is 4.64. The minimum Gasteiger partial charge on any atom is -0.465 e. The van der Waals surface area contributed by atoms with Crippen LogP contribution in [0.4, 0.5) is 11.4 Å². The Balaban J connectivity index is 1.94. The number of nitrogens with zero attached hydrogens (tertiary/aromatic N) is 1. The van der Waals surface area contributed by atoms with Gasteiger partial charge in [-0.1, -0.05) is 38.1 Å². The molecule has 2 aromatic rings. The summed E-state index contributed by atoms with van der Waals surface area (Å²) in [5, 5.41) is 3.46. The number of ketones is 1. The van der Waals surface area contributed by atoms with E-state index in [9.17, 15) is 14.4 Å². The van der Waals surface area contributed by atoms with Crippen LogP contribution in [-0.2, 0) is 14.3 Å². The molecular weight excluding hydrogens is 392 g/mol. The fourth-order valence-corrected chi connectivity index (χ4v) is 4.57. The number of nitrogens with one attached hydrogen (secondary N) is 1. The van der Waals surface area contributed by atoms with Gasteiger partial charge in [-0.2, -0.15) is 0 Å². The third kappa shape index (κ3) is 3.74. The lowest BCUT2D eigenvalue weighted by molar-refractivity contribution is -0.118. The number of fused-ring (bicyclic) bond motifs is 1. The highest BCUT2D eigenvalue weighted by molar-refractivity contribution is 6.06. The number of esters is 1. The highest BCUT2D eigenvalue weighted by Gasteiger charge is 2.42. The van der Waals surface area contributed by atoms with Gasteiger partial charge in [-0.15, -0.1) is 0 Å². The molecule has 1 aliphatic heterocycles. The zero-order valence-electron chi connectivity index (χ0n) is 18.2. The van der Waals surface area contributed by atoms with E-state index in [0.29, 0.717) is 24.0 Å². The van der Waals surface area contributed by atoms with E-state index in [4.69, 9.17) is 4.74 Å². The normalized spacial score (nSPS) is 19.7. The van der Waals surface area contributed by atoms with Gasteiger partial charge in [0.15, 0.2) is 5.78 Å². The summed E-state index contributed by atoms with van der Waals surface area (Å²) < 4.78 is 4.80. The molecule has 4 rings (SSSR count). The number of hydrogen-bond donors (Lipinski definition) is 1. The molecule has 1 N–H and O–H groups in total. The molecule has 2 aliphatic rings. The van der Waals surface area contributed by atoms with Gasteiger partial charge in [-0.3, -0.25) is 14.5 Å². The number of carbonyl (C=O) groups excluding carboxylic acids is 3. The van der Waals surface area contributed by atoms with Crippen LogP contribution < -0.4 is 10.2 Å². The Hall–Kier alpha value is -3.41. The van der Waals surface area contributed by atoms with Gasteiger partial charge in [0.05, 0.1) is 30.1 Å². The first-order valence-electron chi connectivity index (χ1n) is 10.3. The van der Waals surface area contributed by atoms with Gasteiger partial charge in [0.1, 0.15) is 0 Å². The summed E-state index contributed by atoms with van der Waals surface area (Å²) >= 11 is 0. The molecule has 1 aliphatic carbocycles. The number of benzene rings is 2. The molecule has 6 nitrogen and oxygen atoms in total. The summed E-state index contributed by atoms with van der Waals surface area (Å²) in [6.45, 7) is 5.67. The van der Waals surface area contributed by atoms with Gasteiger partial charge in [0.25, 0.3) is 0 Å². The van der Waals surface area contributed by atoms with Crippen molar-refractivity contribution in [2.24, 2.45) is 5.41 Å². The van der Waals surface area contributed by atoms with E-state index in [-0.39, 0.29) is 17.1 Å². The van der Waals surface area contributed by atoms with Gasteiger partial charge >= 0.3 is 5.97 Å². The summed E-state index contributed by atoms with van der Waals surface area (Å²) in [5.41, 5.74) is 3.97. The van der Waals surface area contributed by atoms with E-state index in [1.807, 2.05) is 24.3 Å². The third-order valence-electron chi connectivity index (χ3n) is 5.89. The van der Waals surface area contributed by atoms with E-state index in [1.54, 1.807) is 29.2 Å². The fourth-order valence-electron chi connectivity index (χ4n) is 4.57. The third-order valence-corrected chi connectivity index (χ3v) is 5.89. The van der Waals surface area contributed by atoms with Crippen LogP contribution in [0.15, 0.2) is 59.8 Å². The highest BCUT2D eigenvalue weighted by atomic mass is 16.5. The fraction of sp³-hybridized carbons (Fsp3) is 0.320. The molecular formula is C25H26N2O4. The van der Waals surface area contributed by atoms with Gasteiger partial charge in [0.2, 0.25) is 5.91 Å². The van der Waals surface area contributed by atoms with Crippen LogP contribution in [0, 0.1) is 5.41 Å². The van der Waals surface area contributed by atoms with E-state index in [1.165, 1.54) is 14.0 Å². The smallest absolute Gasteiger partial charge is 0.337 e. The SMILES string of the molecule is COC(=O)c1ccc([C@@H]2C3=C(CC(C)(C)CC3=O)Nc3ccccc3N2C(C)=O)cc1. The molecule has 1 amide bonds. The largest absolute Gasteiger partial charge is 0.465 e. The molecule has 0 radical (unpaired) electrons. The Morgan fingerprint density at radius 2 is 1.74 bits per heavy atom. The first-order chi connectivity index (χ1) is 14.7. The van der Waals surface area contributed by atoms with E-state index < -0.39 is 12.0 Å². The maximum atomic E-state index is 13.4. The van der Waals surface area contributed by atoms with Crippen molar-refractivity contribution < 1.29 is 19.1 Å². The van der Waals surface area contributed by atoms with Crippen LogP contribution in [0.5, 0.6) is 0 Å². The molecule has 0 aromatic heterocycles. The number of methoxy groups -OCH3 is 1. The number of allylic oxidation sites excluding steroid dienone is 1. The van der Waals surface area contributed by atoms with Crippen LogP contribution in [0.2, 0.25) is 0 Å². The average Bonchev–Trinajstić information content (AvgIpc) is 2.86. The Morgan fingerprint density at radius 3 is 2.39 bits per heavy atom. The van der Waals surface area contributed by atoms with Crippen LogP contribution in [0.3, 0.4) is 0 Å². The number of anilines is 2. The summed E-state index contributed by atoms with van der Waals surface area (Å²) in [7, 11) is 1.33. The number of rotatable bonds is 2. The first-order valence-corrected chi connectivity index (χ1v) is 10.3. The van der Waals surface area contributed by atoms with E-state index in [0.717, 1.165) is 22.6 Å². The lowest BCUT2D eigenvalue weighted by atomic mass is 9.73. The van der Waals surface area contributed by atoms with Gasteiger partial charge in [0, 0.05) is 24.6 Å². The maximum absolute atomic E-state index is 13.4. The van der Waals surface area contributed by atoms with Crippen molar-refractivity contribution in [3.63, 3.8) is 0 Å². The van der Waals surface area contributed by atoms with Crippen molar-refractivity contribution in [2.75, 3.05) is 17.3 Å². The molecule has 1 atom stereocenters.